The van der Waals surface area contributed by atoms with Crippen molar-refractivity contribution >= 4 is 7.60 Å². The predicted molar refractivity (Wildman–Crippen MR) is 68.1 cm³/mol. The zero-order valence-electron chi connectivity index (χ0n) is 11.1. The molecule has 98 valence electrons. The van der Waals surface area contributed by atoms with Gasteiger partial charge in [-0.2, -0.15) is 0 Å². The standard InChI is InChI=1S/C11H26NO3P/c1-5-12(6-2)10-9-11-16(13,14-7-3)15-8-4/h5-11H2,1-4H3. The van der Waals surface area contributed by atoms with E-state index < -0.39 is 7.60 Å². The number of nitrogens with zero attached hydrogens (tertiary/aromatic N) is 1. The van der Waals surface area contributed by atoms with Gasteiger partial charge in [0.1, 0.15) is 0 Å². The summed E-state index contributed by atoms with van der Waals surface area (Å²) in [7, 11) is -2.82. The summed E-state index contributed by atoms with van der Waals surface area (Å²) in [6.45, 7) is 11.9. The van der Waals surface area contributed by atoms with Crippen LogP contribution in [0.25, 0.3) is 0 Å². The number of hydrogen-bond donors (Lipinski definition) is 0. The minimum Gasteiger partial charge on any atom is -0.309 e. The van der Waals surface area contributed by atoms with Crippen LogP contribution in [0.2, 0.25) is 0 Å². The van der Waals surface area contributed by atoms with E-state index in [2.05, 4.69) is 18.7 Å². The van der Waals surface area contributed by atoms with Crippen LogP contribution in [0.3, 0.4) is 0 Å². The maximum atomic E-state index is 12.1. The van der Waals surface area contributed by atoms with Crippen molar-refractivity contribution < 1.29 is 13.6 Å². The molecule has 0 unspecified atom stereocenters. The molecule has 0 bridgehead atoms. The summed E-state index contributed by atoms with van der Waals surface area (Å²) in [6.07, 6.45) is 1.38. The largest absolute Gasteiger partial charge is 0.330 e. The molecular formula is C11H26NO3P. The molecule has 0 saturated heterocycles. The SMILES string of the molecule is CCOP(=O)(CCCN(CC)CC)OCC. The minimum atomic E-state index is -2.82. The Kier molecular flexibility index (Phi) is 9.24. The second-order valence-corrected chi connectivity index (χ2v) is 5.74. The van der Waals surface area contributed by atoms with E-state index in [-0.39, 0.29) is 0 Å². The van der Waals surface area contributed by atoms with Gasteiger partial charge in [-0.1, -0.05) is 13.8 Å². The molecule has 0 heterocycles. The summed E-state index contributed by atoms with van der Waals surface area (Å²) >= 11 is 0. The molecule has 0 atom stereocenters. The van der Waals surface area contributed by atoms with E-state index in [4.69, 9.17) is 9.05 Å². The fraction of sp³-hybridized carbons (Fsp3) is 1.00. The lowest BCUT2D eigenvalue weighted by atomic mass is 10.4. The second kappa shape index (κ2) is 9.17. The lowest BCUT2D eigenvalue weighted by molar-refractivity contribution is 0.217. The molecule has 0 N–H and O–H groups in total. The summed E-state index contributed by atoms with van der Waals surface area (Å²) in [4.78, 5) is 2.31. The Morgan fingerprint density at radius 1 is 1.00 bits per heavy atom. The average Bonchev–Trinajstić information content (AvgIpc) is 2.25. The van der Waals surface area contributed by atoms with E-state index in [0.717, 1.165) is 26.1 Å². The molecule has 0 spiro atoms. The first kappa shape index (κ1) is 16.1. The van der Waals surface area contributed by atoms with Crippen molar-refractivity contribution in [1.29, 1.82) is 0 Å². The Hall–Kier alpha value is 0.110. The van der Waals surface area contributed by atoms with Gasteiger partial charge in [0.05, 0.1) is 19.4 Å². The highest BCUT2D eigenvalue weighted by molar-refractivity contribution is 7.53. The quantitative estimate of drug-likeness (QED) is 0.559. The maximum Gasteiger partial charge on any atom is 0.330 e. The van der Waals surface area contributed by atoms with E-state index >= 15 is 0 Å². The summed E-state index contributed by atoms with van der Waals surface area (Å²) < 4.78 is 22.6. The van der Waals surface area contributed by atoms with Gasteiger partial charge in [-0.25, -0.2) is 0 Å². The first-order chi connectivity index (χ1) is 7.61. The number of rotatable bonds is 10. The topological polar surface area (TPSA) is 38.8 Å². The van der Waals surface area contributed by atoms with E-state index in [0.29, 0.717) is 19.4 Å². The Bertz CT molecular complexity index is 197. The van der Waals surface area contributed by atoms with Crippen LogP contribution in [0.15, 0.2) is 0 Å². The predicted octanol–water partition coefficient (Wildman–Crippen LogP) is 2.98. The van der Waals surface area contributed by atoms with Gasteiger partial charge in [-0.05, 0) is 39.9 Å². The average molecular weight is 251 g/mol. The van der Waals surface area contributed by atoms with Crippen molar-refractivity contribution in [2.75, 3.05) is 39.0 Å². The van der Waals surface area contributed by atoms with E-state index in [1.54, 1.807) is 0 Å². The van der Waals surface area contributed by atoms with Crippen molar-refractivity contribution in [3.63, 3.8) is 0 Å². The Balaban J connectivity index is 3.97. The van der Waals surface area contributed by atoms with Gasteiger partial charge in [0.25, 0.3) is 0 Å². The fourth-order valence-corrected chi connectivity index (χ4v) is 3.24. The highest BCUT2D eigenvalue weighted by Crippen LogP contribution is 2.48. The number of hydrogen-bond acceptors (Lipinski definition) is 4. The van der Waals surface area contributed by atoms with Crippen LogP contribution in [0, 0.1) is 0 Å². The Morgan fingerprint density at radius 2 is 1.50 bits per heavy atom. The van der Waals surface area contributed by atoms with Crippen molar-refractivity contribution in [1.82, 2.24) is 4.90 Å². The lowest BCUT2D eigenvalue weighted by Crippen LogP contribution is -2.24. The molecule has 0 rings (SSSR count). The molecule has 0 aromatic carbocycles. The molecule has 0 aromatic heterocycles. The summed E-state index contributed by atoms with van der Waals surface area (Å²) in [5.41, 5.74) is 0. The zero-order chi connectivity index (χ0) is 12.4. The van der Waals surface area contributed by atoms with Gasteiger partial charge in [0, 0.05) is 0 Å². The van der Waals surface area contributed by atoms with Gasteiger partial charge in [-0.3, -0.25) is 4.57 Å². The van der Waals surface area contributed by atoms with Gasteiger partial charge >= 0.3 is 7.60 Å². The van der Waals surface area contributed by atoms with Crippen LogP contribution < -0.4 is 0 Å². The molecule has 0 aliphatic rings. The molecule has 0 radical (unpaired) electrons. The van der Waals surface area contributed by atoms with Gasteiger partial charge < -0.3 is 13.9 Å². The summed E-state index contributed by atoms with van der Waals surface area (Å²) in [6, 6.07) is 0. The molecule has 0 saturated carbocycles. The summed E-state index contributed by atoms with van der Waals surface area (Å²) in [5.74, 6) is 0. The van der Waals surface area contributed by atoms with Crippen molar-refractivity contribution in [2.24, 2.45) is 0 Å². The maximum absolute atomic E-state index is 12.1. The molecule has 0 aliphatic carbocycles. The van der Waals surface area contributed by atoms with Crippen LogP contribution in [0.5, 0.6) is 0 Å². The Labute approximate surface area is 99.8 Å². The van der Waals surface area contributed by atoms with Crippen molar-refractivity contribution in [3.8, 4) is 0 Å². The van der Waals surface area contributed by atoms with Crippen LogP contribution in [-0.2, 0) is 13.6 Å². The molecule has 4 nitrogen and oxygen atoms in total. The first-order valence-electron chi connectivity index (χ1n) is 6.22. The normalized spacial score (nSPS) is 12.3. The lowest BCUT2D eigenvalue weighted by Gasteiger charge is -2.20. The van der Waals surface area contributed by atoms with Crippen LogP contribution in [0.1, 0.15) is 34.1 Å². The van der Waals surface area contributed by atoms with Crippen LogP contribution in [0.4, 0.5) is 0 Å². The van der Waals surface area contributed by atoms with Crippen molar-refractivity contribution in [3.05, 3.63) is 0 Å². The summed E-state index contributed by atoms with van der Waals surface area (Å²) in [5, 5.41) is 0. The highest BCUT2D eigenvalue weighted by atomic mass is 31.2. The Morgan fingerprint density at radius 3 is 1.88 bits per heavy atom. The van der Waals surface area contributed by atoms with Gasteiger partial charge in [0.15, 0.2) is 0 Å². The third kappa shape index (κ3) is 6.64. The van der Waals surface area contributed by atoms with E-state index in [1.807, 2.05) is 13.8 Å². The monoisotopic (exact) mass is 251 g/mol. The molecule has 0 amide bonds. The van der Waals surface area contributed by atoms with E-state index in [9.17, 15) is 4.57 Å². The molecule has 0 aromatic rings. The smallest absolute Gasteiger partial charge is 0.309 e. The third-order valence-electron chi connectivity index (χ3n) is 2.45. The molecule has 16 heavy (non-hydrogen) atoms. The zero-order valence-corrected chi connectivity index (χ0v) is 12.0. The second-order valence-electron chi connectivity index (χ2n) is 3.55. The van der Waals surface area contributed by atoms with Gasteiger partial charge in [-0.15, -0.1) is 0 Å². The highest BCUT2D eigenvalue weighted by Gasteiger charge is 2.22. The molecule has 0 aliphatic heterocycles. The van der Waals surface area contributed by atoms with Gasteiger partial charge in [0.2, 0.25) is 0 Å². The fourth-order valence-electron chi connectivity index (χ4n) is 1.59. The molecule has 5 heteroatoms. The minimum absolute atomic E-state index is 0.447. The third-order valence-corrected chi connectivity index (χ3v) is 4.62. The van der Waals surface area contributed by atoms with E-state index in [1.165, 1.54) is 0 Å². The van der Waals surface area contributed by atoms with Crippen LogP contribution in [-0.4, -0.2) is 43.9 Å². The van der Waals surface area contributed by atoms with Crippen molar-refractivity contribution in [2.45, 2.75) is 34.1 Å². The van der Waals surface area contributed by atoms with Crippen LogP contribution >= 0.6 is 7.60 Å². The first-order valence-corrected chi connectivity index (χ1v) is 7.95. The molecule has 0 fully saturated rings. The molecular weight excluding hydrogens is 225 g/mol.